The molecule has 67 heavy (non-hydrogen) atoms. The number of hydrogen-bond donors (Lipinski definition) is 0. The number of nitro groups is 1. The second kappa shape index (κ2) is 32.5. The minimum atomic E-state index is -0.840. The second-order valence-electron chi connectivity index (χ2n) is 21.3. The lowest BCUT2D eigenvalue weighted by atomic mass is 9.76. The molecule has 2 heterocycles. The Morgan fingerprint density at radius 1 is 0.612 bits per heavy atom. The summed E-state index contributed by atoms with van der Waals surface area (Å²) in [6.07, 6.45) is 50.7. The molecule has 0 N–H and O–H groups in total. The highest BCUT2D eigenvalue weighted by atomic mass is 16.6. The number of anilines is 1. The number of carbonyl (C=O) groups excluding carboxylic acids is 1. The van der Waals surface area contributed by atoms with Gasteiger partial charge in [-0.1, -0.05) is 243 Å². The largest absolute Gasteiger partial charge is 0.462 e. The zero-order valence-electron chi connectivity index (χ0n) is 43.8. The Morgan fingerprint density at radius 2 is 1.04 bits per heavy atom. The van der Waals surface area contributed by atoms with Crippen LogP contribution in [0.4, 0.5) is 11.4 Å². The Kier molecular flexibility index (Phi) is 27.2. The molecule has 2 aromatic carbocycles. The van der Waals surface area contributed by atoms with Crippen LogP contribution in [0.3, 0.4) is 0 Å². The van der Waals surface area contributed by atoms with E-state index in [1.165, 1.54) is 222 Å². The van der Waals surface area contributed by atoms with Gasteiger partial charge in [0.15, 0.2) is 0 Å². The molecule has 0 radical (unpaired) electrons. The van der Waals surface area contributed by atoms with Gasteiger partial charge in [0.2, 0.25) is 5.72 Å². The predicted octanol–water partition coefficient (Wildman–Crippen LogP) is 18.9. The Balaban J connectivity index is 1.19. The van der Waals surface area contributed by atoms with Gasteiger partial charge in [-0.05, 0) is 57.4 Å². The summed E-state index contributed by atoms with van der Waals surface area (Å²) in [7, 11) is 0. The van der Waals surface area contributed by atoms with Gasteiger partial charge >= 0.3 is 5.97 Å². The van der Waals surface area contributed by atoms with Crippen LogP contribution in [0.2, 0.25) is 0 Å². The molecule has 7 heteroatoms. The fourth-order valence-corrected chi connectivity index (χ4v) is 10.8. The summed E-state index contributed by atoms with van der Waals surface area (Å²) >= 11 is 0. The van der Waals surface area contributed by atoms with Crippen molar-refractivity contribution in [2.45, 2.75) is 284 Å². The van der Waals surface area contributed by atoms with E-state index in [1.54, 1.807) is 6.07 Å². The number of rotatable bonds is 40. The molecule has 0 amide bonds. The molecule has 2 aliphatic rings. The van der Waals surface area contributed by atoms with Gasteiger partial charge in [-0.15, -0.1) is 0 Å². The van der Waals surface area contributed by atoms with Gasteiger partial charge in [0, 0.05) is 41.9 Å². The zero-order chi connectivity index (χ0) is 48.0. The maximum Gasteiger partial charge on any atom is 0.306 e. The number of unbranched alkanes of at least 4 members (excludes halogenated alkanes) is 33. The summed E-state index contributed by atoms with van der Waals surface area (Å²) in [6, 6.07) is 9.83. The predicted molar refractivity (Wildman–Crippen MR) is 284 cm³/mol. The first kappa shape index (κ1) is 56.2. The van der Waals surface area contributed by atoms with E-state index in [4.69, 9.17) is 9.47 Å². The van der Waals surface area contributed by atoms with Gasteiger partial charge in [0.1, 0.15) is 12.4 Å². The Morgan fingerprint density at radius 3 is 1.49 bits per heavy atom. The number of benzene rings is 2. The molecule has 0 saturated heterocycles. The summed E-state index contributed by atoms with van der Waals surface area (Å²) in [4.78, 5) is 27.3. The number of ether oxygens (including phenoxy) is 2. The third-order valence-electron chi connectivity index (χ3n) is 15.2. The standard InChI is InChI=1S/C60H98N2O5/c1-6-8-10-12-14-16-18-20-22-24-25-26-27-29-31-33-35-37-39-41-57(63)66-50-53-49-54(62(64)65)48-52-44-45-60(67-58(52)53)59(4,5)55-47-51(3)42-43-56(55)61(60)46-40-38-36-34-32-30-28-23-21-19-17-15-13-11-9-7-2/h42-45,47-49H,6-41,46,50H2,1-5H3. The SMILES string of the molecule is CCCCCCCCCCCCCCCCCCCCCC(=O)OCc1cc([N+](=O)[O-])cc2c1OC1(C=C2)N(CCCCCCCCCCCCCCCCCC)c2ccc(C)cc2C1(C)C. The molecule has 1 unspecified atom stereocenters. The average Bonchev–Trinajstić information content (AvgIpc) is 3.48. The van der Waals surface area contributed by atoms with Crippen molar-refractivity contribution >= 4 is 23.4 Å². The van der Waals surface area contributed by atoms with E-state index in [2.05, 4.69) is 63.8 Å². The monoisotopic (exact) mass is 927 g/mol. The van der Waals surface area contributed by atoms with Crippen molar-refractivity contribution in [2.75, 3.05) is 11.4 Å². The normalized spacial score (nSPS) is 15.8. The first-order valence-corrected chi connectivity index (χ1v) is 28.4. The Labute approximate surface area is 410 Å². The lowest BCUT2D eigenvalue weighted by molar-refractivity contribution is -0.385. The minimum absolute atomic E-state index is 0.0255. The molecule has 4 rings (SSSR count). The Hall–Kier alpha value is -3.35. The van der Waals surface area contributed by atoms with E-state index in [9.17, 15) is 14.9 Å². The van der Waals surface area contributed by atoms with Crippen molar-refractivity contribution in [2.24, 2.45) is 0 Å². The molecule has 1 atom stereocenters. The van der Waals surface area contributed by atoms with Crippen molar-refractivity contribution in [3.8, 4) is 5.75 Å². The maximum absolute atomic E-state index is 13.1. The number of carbonyl (C=O) groups is 1. The van der Waals surface area contributed by atoms with Gasteiger partial charge in [-0.2, -0.15) is 0 Å². The van der Waals surface area contributed by atoms with Crippen LogP contribution in [0, 0.1) is 17.0 Å². The summed E-state index contributed by atoms with van der Waals surface area (Å²) < 4.78 is 13.1. The van der Waals surface area contributed by atoms with E-state index in [0.717, 1.165) is 32.2 Å². The third kappa shape index (κ3) is 19.2. The number of esters is 1. The minimum Gasteiger partial charge on any atom is -0.462 e. The quantitative estimate of drug-likeness (QED) is 0.0287. The van der Waals surface area contributed by atoms with Crippen LogP contribution in [0.25, 0.3) is 6.08 Å². The fraction of sp³-hybridized carbons (Fsp3) is 0.750. The van der Waals surface area contributed by atoms with Crippen LogP contribution in [-0.4, -0.2) is 23.2 Å². The first-order valence-electron chi connectivity index (χ1n) is 28.4. The molecular formula is C60H98N2O5. The molecule has 0 saturated carbocycles. The lowest BCUT2D eigenvalue weighted by Crippen LogP contribution is -2.59. The first-order chi connectivity index (χ1) is 32.6. The van der Waals surface area contributed by atoms with Crippen LogP contribution in [0.1, 0.15) is 281 Å². The van der Waals surface area contributed by atoms with E-state index in [-0.39, 0.29) is 23.2 Å². The number of fused-ring (bicyclic) bond motifs is 2. The van der Waals surface area contributed by atoms with Crippen LogP contribution < -0.4 is 9.64 Å². The third-order valence-corrected chi connectivity index (χ3v) is 15.2. The molecule has 0 fully saturated rings. The highest BCUT2D eigenvalue weighted by Crippen LogP contribution is 2.56. The van der Waals surface area contributed by atoms with Gasteiger partial charge in [-0.3, -0.25) is 14.9 Å². The molecule has 1 spiro atoms. The van der Waals surface area contributed by atoms with Gasteiger partial charge in [0.05, 0.1) is 10.3 Å². The molecule has 0 bridgehead atoms. The number of nitro benzene ring substituents is 1. The van der Waals surface area contributed by atoms with Crippen molar-refractivity contribution in [1.29, 1.82) is 0 Å². The second-order valence-corrected chi connectivity index (χ2v) is 21.3. The van der Waals surface area contributed by atoms with Crippen molar-refractivity contribution in [3.05, 3.63) is 68.8 Å². The van der Waals surface area contributed by atoms with Gasteiger partial charge in [0.25, 0.3) is 5.69 Å². The van der Waals surface area contributed by atoms with Gasteiger partial charge in [-0.25, -0.2) is 0 Å². The van der Waals surface area contributed by atoms with Crippen LogP contribution in [0.5, 0.6) is 5.75 Å². The number of hydrogen-bond acceptors (Lipinski definition) is 6. The highest BCUT2D eigenvalue weighted by Gasteiger charge is 2.59. The summed E-state index contributed by atoms with van der Waals surface area (Å²) in [5, 5.41) is 12.1. The van der Waals surface area contributed by atoms with Crippen LogP contribution in [-0.2, 0) is 21.6 Å². The van der Waals surface area contributed by atoms with Crippen LogP contribution >= 0.6 is 0 Å². The maximum atomic E-state index is 13.1. The highest BCUT2D eigenvalue weighted by molar-refractivity contribution is 5.75. The van der Waals surface area contributed by atoms with E-state index >= 15 is 0 Å². The van der Waals surface area contributed by atoms with E-state index < -0.39 is 11.1 Å². The van der Waals surface area contributed by atoms with E-state index in [1.807, 2.05) is 6.08 Å². The number of aryl methyl sites for hydroxylation is 1. The smallest absolute Gasteiger partial charge is 0.306 e. The van der Waals surface area contributed by atoms with E-state index in [0.29, 0.717) is 23.3 Å². The number of nitrogens with zero attached hydrogens (tertiary/aromatic N) is 2. The molecule has 0 aliphatic carbocycles. The summed E-state index contributed by atoms with van der Waals surface area (Å²) in [5.41, 5.74) is 3.52. The molecule has 2 aromatic rings. The van der Waals surface area contributed by atoms with Gasteiger partial charge < -0.3 is 14.4 Å². The summed E-state index contributed by atoms with van der Waals surface area (Å²) in [5.74, 6) is 0.307. The molecular weight excluding hydrogens is 829 g/mol. The summed E-state index contributed by atoms with van der Waals surface area (Å²) in [6.45, 7) is 12.0. The lowest BCUT2D eigenvalue weighted by Gasteiger charge is -2.47. The Bertz CT molecular complexity index is 1720. The van der Waals surface area contributed by atoms with Crippen molar-refractivity contribution in [3.63, 3.8) is 0 Å². The average molecular weight is 927 g/mol. The zero-order valence-corrected chi connectivity index (χ0v) is 43.8. The topological polar surface area (TPSA) is 81.9 Å². The fourth-order valence-electron chi connectivity index (χ4n) is 10.8. The van der Waals surface area contributed by atoms with Crippen LogP contribution in [0.15, 0.2) is 36.4 Å². The number of non-ortho nitro benzene ring substituents is 1. The molecule has 2 aliphatic heterocycles. The van der Waals surface area contributed by atoms with Crippen molar-refractivity contribution < 1.29 is 19.2 Å². The van der Waals surface area contributed by atoms with Crippen molar-refractivity contribution in [1.82, 2.24) is 0 Å². The molecule has 378 valence electrons. The molecule has 0 aromatic heterocycles. The molecule has 7 nitrogen and oxygen atoms in total.